The molecule has 3 aromatic rings. The van der Waals surface area contributed by atoms with Crippen molar-refractivity contribution in [3.63, 3.8) is 0 Å². The minimum atomic E-state index is -0.279. The van der Waals surface area contributed by atoms with E-state index >= 15 is 0 Å². The number of rotatable bonds is 8. The second-order valence-electron chi connectivity index (χ2n) is 6.12. The number of aromatic nitrogens is 3. The molecule has 0 aliphatic heterocycles. The molecule has 156 valence electrons. The molecular formula is C20H20BrN5O3S. The quantitative estimate of drug-likeness (QED) is 0.284. The number of benzene rings is 2. The Morgan fingerprint density at radius 2 is 2.17 bits per heavy atom. The van der Waals surface area contributed by atoms with Gasteiger partial charge in [-0.2, -0.15) is 5.10 Å². The number of carbonyl (C=O) groups excluding carboxylic acids is 1. The molecule has 2 N–H and O–H groups in total. The van der Waals surface area contributed by atoms with E-state index in [4.69, 9.17) is 4.74 Å². The lowest BCUT2D eigenvalue weighted by Crippen LogP contribution is -2.19. The molecular weight excluding hydrogens is 470 g/mol. The third kappa shape index (κ3) is 5.61. The predicted molar refractivity (Wildman–Crippen MR) is 120 cm³/mol. The average Bonchev–Trinajstić information content (AvgIpc) is 3.09. The minimum absolute atomic E-state index is 0.0196. The highest BCUT2D eigenvalue weighted by molar-refractivity contribution is 9.10. The first kappa shape index (κ1) is 21.8. The number of nitrogens with zero attached hydrogens (tertiary/aromatic N) is 4. The molecule has 0 atom stereocenters. The number of ether oxygens (including phenoxy) is 1. The molecule has 0 bridgehead atoms. The first-order valence-corrected chi connectivity index (χ1v) is 10.8. The molecule has 8 nitrogen and oxygen atoms in total. The summed E-state index contributed by atoms with van der Waals surface area (Å²) < 4.78 is 8.06. The van der Waals surface area contributed by atoms with E-state index in [1.54, 1.807) is 12.1 Å². The van der Waals surface area contributed by atoms with Crippen molar-refractivity contribution in [1.29, 1.82) is 0 Å². The van der Waals surface area contributed by atoms with Crippen molar-refractivity contribution < 1.29 is 14.6 Å². The van der Waals surface area contributed by atoms with Crippen molar-refractivity contribution in [2.75, 3.05) is 12.4 Å². The summed E-state index contributed by atoms with van der Waals surface area (Å²) in [5, 5.41) is 22.8. The number of hydrazone groups is 1. The predicted octanol–water partition coefficient (Wildman–Crippen LogP) is 3.59. The van der Waals surface area contributed by atoms with E-state index in [-0.39, 0.29) is 17.4 Å². The minimum Gasteiger partial charge on any atom is -0.504 e. The number of amides is 1. The first-order valence-electron chi connectivity index (χ1n) is 9.03. The van der Waals surface area contributed by atoms with Crippen LogP contribution in [0, 0.1) is 0 Å². The molecule has 10 heteroatoms. The maximum absolute atomic E-state index is 12.1. The molecule has 0 aliphatic rings. The summed E-state index contributed by atoms with van der Waals surface area (Å²) in [4.78, 5) is 12.1. The van der Waals surface area contributed by atoms with E-state index in [1.165, 1.54) is 24.0 Å². The summed E-state index contributed by atoms with van der Waals surface area (Å²) in [6.45, 7) is 2.30. The zero-order chi connectivity index (χ0) is 21.5. The molecule has 3 rings (SSSR count). The van der Waals surface area contributed by atoms with Gasteiger partial charge in [-0.15, -0.1) is 10.2 Å². The summed E-state index contributed by atoms with van der Waals surface area (Å²) in [5.74, 6) is 0.995. The number of hydrogen-bond donors (Lipinski definition) is 2. The van der Waals surface area contributed by atoms with E-state index in [0.29, 0.717) is 28.9 Å². The number of phenols is 1. The summed E-state index contributed by atoms with van der Waals surface area (Å²) in [5.41, 5.74) is 4.02. The highest BCUT2D eigenvalue weighted by Gasteiger charge is 2.13. The summed E-state index contributed by atoms with van der Waals surface area (Å²) in [7, 11) is 1.85. The van der Waals surface area contributed by atoms with Crippen molar-refractivity contribution in [2.24, 2.45) is 12.1 Å². The molecule has 0 radical (unpaired) electrons. The number of aromatic hydroxyl groups is 1. The van der Waals surface area contributed by atoms with Gasteiger partial charge in [0, 0.05) is 17.1 Å². The van der Waals surface area contributed by atoms with Gasteiger partial charge in [0.25, 0.3) is 5.91 Å². The second-order valence-corrected chi connectivity index (χ2v) is 7.98. The van der Waals surface area contributed by atoms with Gasteiger partial charge in [-0.1, -0.05) is 39.8 Å². The molecule has 0 spiro atoms. The Bertz CT molecular complexity index is 1070. The zero-order valence-electron chi connectivity index (χ0n) is 16.4. The SMILES string of the molecule is CCOc1ccc(/C=N\NC(=O)CSc2nnc(-c3cccc(Br)c3)n2C)cc1O. The third-order valence-electron chi connectivity index (χ3n) is 3.94. The summed E-state index contributed by atoms with van der Waals surface area (Å²) in [6, 6.07) is 12.7. The van der Waals surface area contributed by atoms with Crippen LogP contribution in [-0.2, 0) is 11.8 Å². The zero-order valence-corrected chi connectivity index (χ0v) is 18.8. The molecule has 1 heterocycles. The first-order chi connectivity index (χ1) is 14.5. The normalized spacial score (nSPS) is 11.0. The number of thioether (sulfide) groups is 1. The number of nitrogens with one attached hydrogen (secondary N) is 1. The Morgan fingerprint density at radius 3 is 2.90 bits per heavy atom. The molecule has 0 fully saturated rings. The van der Waals surface area contributed by atoms with Crippen molar-refractivity contribution in [3.8, 4) is 22.9 Å². The van der Waals surface area contributed by atoms with Gasteiger partial charge < -0.3 is 14.4 Å². The summed E-state index contributed by atoms with van der Waals surface area (Å²) >= 11 is 4.71. The molecule has 0 saturated carbocycles. The lowest BCUT2D eigenvalue weighted by atomic mass is 10.2. The molecule has 0 unspecified atom stereocenters. The highest BCUT2D eigenvalue weighted by atomic mass is 79.9. The van der Waals surface area contributed by atoms with Gasteiger partial charge >= 0.3 is 0 Å². The maximum atomic E-state index is 12.1. The Balaban J connectivity index is 1.54. The lowest BCUT2D eigenvalue weighted by molar-refractivity contribution is -0.118. The molecule has 30 heavy (non-hydrogen) atoms. The number of halogens is 1. The second kappa shape index (κ2) is 10.3. The van der Waals surface area contributed by atoms with E-state index in [9.17, 15) is 9.90 Å². The molecule has 1 amide bonds. The van der Waals surface area contributed by atoms with Crippen LogP contribution in [0.3, 0.4) is 0 Å². The van der Waals surface area contributed by atoms with Gasteiger partial charge in [0.15, 0.2) is 22.5 Å². The van der Waals surface area contributed by atoms with Gasteiger partial charge in [-0.25, -0.2) is 5.43 Å². The Labute approximate surface area is 186 Å². The van der Waals surface area contributed by atoms with Crippen LogP contribution in [0.15, 0.2) is 57.2 Å². The number of carbonyl (C=O) groups is 1. The van der Waals surface area contributed by atoms with Crippen LogP contribution in [0.25, 0.3) is 11.4 Å². The highest BCUT2D eigenvalue weighted by Crippen LogP contribution is 2.26. The molecule has 1 aromatic heterocycles. The smallest absolute Gasteiger partial charge is 0.250 e. The van der Waals surface area contributed by atoms with Crippen molar-refractivity contribution in [2.45, 2.75) is 12.1 Å². The van der Waals surface area contributed by atoms with E-state index in [2.05, 4.69) is 36.7 Å². The lowest BCUT2D eigenvalue weighted by Gasteiger charge is -2.05. The topological polar surface area (TPSA) is 102 Å². The third-order valence-corrected chi connectivity index (χ3v) is 5.45. The van der Waals surface area contributed by atoms with Gasteiger partial charge in [-0.05, 0) is 42.8 Å². The van der Waals surface area contributed by atoms with Crippen LogP contribution < -0.4 is 10.2 Å². The van der Waals surface area contributed by atoms with E-state index < -0.39 is 0 Å². The number of hydrogen-bond acceptors (Lipinski definition) is 7. The fraction of sp³-hybridized carbons (Fsp3) is 0.200. The molecule has 2 aromatic carbocycles. The monoisotopic (exact) mass is 489 g/mol. The number of phenolic OH excluding ortho intramolecular Hbond substituents is 1. The van der Waals surface area contributed by atoms with Crippen LogP contribution in [-0.4, -0.2) is 44.4 Å². The van der Waals surface area contributed by atoms with Gasteiger partial charge in [-0.3, -0.25) is 4.79 Å². The Hall–Kier alpha value is -2.85. The maximum Gasteiger partial charge on any atom is 0.250 e. The Morgan fingerprint density at radius 1 is 1.33 bits per heavy atom. The van der Waals surface area contributed by atoms with E-state index in [1.807, 2.05) is 42.8 Å². The van der Waals surface area contributed by atoms with Gasteiger partial charge in [0.05, 0.1) is 18.6 Å². The largest absolute Gasteiger partial charge is 0.504 e. The van der Waals surface area contributed by atoms with Crippen LogP contribution in [0.4, 0.5) is 0 Å². The van der Waals surface area contributed by atoms with Gasteiger partial charge in [0.2, 0.25) is 0 Å². The van der Waals surface area contributed by atoms with Crippen molar-refractivity contribution >= 4 is 39.8 Å². The van der Waals surface area contributed by atoms with E-state index in [0.717, 1.165) is 10.0 Å². The average molecular weight is 490 g/mol. The Kier molecular flexibility index (Phi) is 7.47. The van der Waals surface area contributed by atoms with Crippen LogP contribution in [0.5, 0.6) is 11.5 Å². The van der Waals surface area contributed by atoms with Crippen molar-refractivity contribution in [1.82, 2.24) is 20.2 Å². The molecule has 0 saturated heterocycles. The van der Waals surface area contributed by atoms with Crippen LogP contribution in [0.1, 0.15) is 12.5 Å². The fourth-order valence-electron chi connectivity index (χ4n) is 2.55. The van der Waals surface area contributed by atoms with Crippen LogP contribution in [0.2, 0.25) is 0 Å². The summed E-state index contributed by atoms with van der Waals surface area (Å²) in [6.07, 6.45) is 1.45. The fourth-order valence-corrected chi connectivity index (χ4v) is 3.66. The van der Waals surface area contributed by atoms with Crippen molar-refractivity contribution in [3.05, 3.63) is 52.5 Å². The standard InChI is InChI=1S/C20H20BrN5O3S/c1-3-29-17-8-7-13(9-16(17)27)11-22-23-18(28)12-30-20-25-24-19(26(20)2)14-5-4-6-15(21)10-14/h4-11,27H,3,12H2,1-2H3,(H,23,28)/b22-11-. The van der Waals surface area contributed by atoms with Gasteiger partial charge in [0.1, 0.15) is 0 Å². The van der Waals surface area contributed by atoms with Crippen LogP contribution >= 0.6 is 27.7 Å². The molecule has 0 aliphatic carbocycles.